The van der Waals surface area contributed by atoms with Crippen LogP contribution < -0.4 is 10.0 Å². The van der Waals surface area contributed by atoms with Gasteiger partial charge in [0.05, 0.1) is 29.7 Å². The highest BCUT2D eigenvalue weighted by Gasteiger charge is 2.15. The van der Waals surface area contributed by atoms with Crippen molar-refractivity contribution in [2.45, 2.75) is 16.0 Å². The number of benzene rings is 1. The van der Waals surface area contributed by atoms with Crippen LogP contribution in [0, 0.1) is 12.7 Å². The minimum atomic E-state index is -0.272. The molecule has 2 heterocycles. The van der Waals surface area contributed by atoms with E-state index in [2.05, 4.69) is 14.3 Å². The number of carbonyl (C=O) groups is 1. The molecule has 0 bridgehead atoms. The molecule has 1 amide bonds. The monoisotopic (exact) mass is 413 g/mol. The number of carbonyl (C=O) groups excluding carboxylic acids is 1. The van der Waals surface area contributed by atoms with Gasteiger partial charge in [-0.15, -0.1) is 11.3 Å². The van der Waals surface area contributed by atoms with Crippen molar-refractivity contribution in [3.8, 4) is 0 Å². The van der Waals surface area contributed by atoms with Crippen LogP contribution in [0.15, 0.2) is 39.4 Å². The average Bonchev–Trinajstić information content (AvgIpc) is 2.96. The molecule has 0 saturated carbocycles. The molecular weight excluding hydrogens is 393 g/mol. The number of anilines is 1. The molecule has 26 heavy (non-hydrogen) atoms. The molecule has 1 aliphatic rings. The molecule has 5 nitrogen and oxygen atoms in total. The molecule has 1 aromatic heterocycles. The number of morpholine rings is 1. The summed E-state index contributed by atoms with van der Waals surface area (Å²) in [4.78, 5) is 14.1. The predicted octanol–water partition coefficient (Wildman–Crippen LogP) is 3.77. The molecule has 1 aliphatic heterocycles. The first-order chi connectivity index (χ1) is 12.6. The Kier molecular flexibility index (Phi) is 7.35. The van der Waals surface area contributed by atoms with Gasteiger partial charge in [0.25, 0.3) is 0 Å². The number of thiophene rings is 1. The first-order valence-electron chi connectivity index (χ1n) is 8.16. The van der Waals surface area contributed by atoms with E-state index in [-0.39, 0.29) is 18.3 Å². The van der Waals surface area contributed by atoms with Gasteiger partial charge in [-0.1, -0.05) is 0 Å². The summed E-state index contributed by atoms with van der Waals surface area (Å²) in [6.45, 7) is 5.52. The smallest absolute Gasteiger partial charge is 0.239 e. The Morgan fingerprint density at radius 1 is 1.31 bits per heavy atom. The molecule has 2 aromatic rings. The SMILES string of the molecule is Cc1sc(SN2CCOCC2)cc1NC(=O)CNSc1ccc(F)cc1. The largest absolute Gasteiger partial charge is 0.379 e. The highest BCUT2D eigenvalue weighted by molar-refractivity contribution is 7.99. The lowest BCUT2D eigenvalue weighted by Gasteiger charge is -2.24. The highest BCUT2D eigenvalue weighted by atomic mass is 32.2. The van der Waals surface area contributed by atoms with E-state index in [4.69, 9.17) is 4.74 Å². The molecule has 1 aromatic carbocycles. The maximum atomic E-state index is 12.9. The number of hydrogen-bond donors (Lipinski definition) is 2. The van der Waals surface area contributed by atoms with Crippen molar-refractivity contribution in [2.75, 3.05) is 38.2 Å². The van der Waals surface area contributed by atoms with E-state index in [1.165, 1.54) is 24.1 Å². The van der Waals surface area contributed by atoms with Crippen molar-refractivity contribution in [3.05, 3.63) is 41.0 Å². The summed E-state index contributed by atoms with van der Waals surface area (Å²) < 4.78 is 24.7. The third kappa shape index (κ3) is 5.97. The number of ether oxygens (including phenoxy) is 1. The van der Waals surface area contributed by atoms with E-state index >= 15 is 0 Å². The summed E-state index contributed by atoms with van der Waals surface area (Å²) in [7, 11) is 0. The summed E-state index contributed by atoms with van der Waals surface area (Å²) >= 11 is 4.69. The zero-order valence-corrected chi connectivity index (χ0v) is 16.7. The Bertz CT molecular complexity index is 733. The molecule has 2 N–H and O–H groups in total. The van der Waals surface area contributed by atoms with Crippen molar-refractivity contribution in [1.29, 1.82) is 0 Å². The Balaban J connectivity index is 1.45. The van der Waals surface area contributed by atoms with E-state index in [1.807, 2.05) is 13.0 Å². The average molecular weight is 414 g/mol. The lowest BCUT2D eigenvalue weighted by molar-refractivity contribution is -0.115. The van der Waals surface area contributed by atoms with Crippen LogP contribution >= 0.6 is 35.2 Å². The highest BCUT2D eigenvalue weighted by Crippen LogP contribution is 2.35. The van der Waals surface area contributed by atoms with Crippen molar-refractivity contribution >= 4 is 46.8 Å². The normalized spacial score (nSPS) is 15.2. The van der Waals surface area contributed by atoms with Gasteiger partial charge in [0.2, 0.25) is 5.91 Å². The van der Waals surface area contributed by atoms with Gasteiger partial charge >= 0.3 is 0 Å². The molecule has 0 unspecified atom stereocenters. The van der Waals surface area contributed by atoms with Gasteiger partial charge in [-0.05, 0) is 61.2 Å². The molecule has 0 aliphatic carbocycles. The topological polar surface area (TPSA) is 53.6 Å². The van der Waals surface area contributed by atoms with E-state index in [0.717, 1.165) is 46.0 Å². The van der Waals surface area contributed by atoms with E-state index < -0.39 is 0 Å². The molecule has 1 saturated heterocycles. The van der Waals surface area contributed by atoms with Crippen LogP contribution in [-0.2, 0) is 9.53 Å². The number of rotatable bonds is 7. The minimum absolute atomic E-state index is 0.108. The second-order valence-electron chi connectivity index (χ2n) is 5.59. The molecule has 0 atom stereocenters. The first-order valence-corrected chi connectivity index (χ1v) is 10.6. The molecule has 9 heteroatoms. The van der Waals surface area contributed by atoms with Crippen molar-refractivity contribution in [1.82, 2.24) is 9.03 Å². The van der Waals surface area contributed by atoms with E-state index in [9.17, 15) is 9.18 Å². The summed E-state index contributed by atoms with van der Waals surface area (Å²) in [6, 6.07) is 8.15. The lowest BCUT2D eigenvalue weighted by atomic mass is 10.4. The first kappa shape index (κ1) is 19.7. The van der Waals surface area contributed by atoms with Gasteiger partial charge < -0.3 is 10.1 Å². The van der Waals surface area contributed by atoms with Gasteiger partial charge in [0.15, 0.2) is 0 Å². The van der Waals surface area contributed by atoms with Crippen LogP contribution in [0.4, 0.5) is 10.1 Å². The number of halogens is 1. The number of nitrogens with zero attached hydrogens (tertiary/aromatic N) is 1. The molecule has 140 valence electrons. The summed E-state index contributed by atoms with van der Waals surface area (Å²) in [5.74, 6) is -0.380. The van der Waals surface area contributed by atoms with Crippen LogP contribution in [0.5, 0.6) is 0 Å². The molecule has 3 rings (SSSR count). The molecule has 1 fully saturated rings. The van der Waals surface area contributed by atoms with Crippen LogP contribution in [0.2, 0.25) is 0 Å². The fourth-order valence-corrected chi connectivity index (χ4v) is 5.21. The zero-order valence-electron chi connectivity index (χ0n) is 14.3. The Morgan fingerprint density at radius 2 is 2.04 bits per heavy atom. The third-order valence-electron chi connectivity index (χ3n) is 3.59. The zero-order chi connectivity index (χ0) is 18.4. The number of amides is 1. The summed E-state index contributed by atoms with van der Waals surface area (Å²) in [5, 5.41) is 2.94. The number of aryl methyl sites for hydroxylation is 1. The maximum Gasteiger partial charge on any atom is 0.239 e. The summed E-state index contributed by atoms with van der Waals surface area (Å²) in [5.41, 5.74) is 0.851. The number of hydrogen-bond acceptors (Lipinski definition) is 7. The minimum Gasteiger partial charge on any atom is -0.379 e. The van der Waals surface area contributed by atoms with Crippen LogP contribution in [0.25, 0.3) is 0 Å². The quantitative estimate of drug-likeness (QED) is 0.674. The van der Waals surface area contributed by atoms with Crippen LogP contribution in [0.3, 0.4) is 0 Å². The molecule has 0 radical (unpaired) electrons. The second kappa shape index (κ2) is 9.72. The van der Waals surface area contributed by atoms with Crippen LogP contribution in [-0.4, -0.2) is 43.1 Å². The predicted molar refractivity (Wildman–Crippen MR) is 106 cm³/mol. The van der Waals surface area contributed by atoms with Crippen molar-refractivity contribution < 1.29 is 13.9 Å². The molecular formula is C17H20FN3O2S3. The maximum absolute atomic E-state index is 12.9. The van der Waals surface area contributed by atoms with E-state index in [1.54, 1.807) is 35.4 Å². The van der Waals surface area contributed by atoms with Crippen molar-refractivity contribution in [3.63, 3.8) is 0 Å². The Labute approximate surface area is 164 Å². The Morgan fingerprint density at radius 3 is 2.77 bits per heavy atom. The van der Waals surface area contributed by atoms with Gasteiger partial charge in [-0.3, -0.25) is 9.52 Å². The van der Waals surface area contributed by atoms with Gasteiger partial charge in [0.1, 0.15) is 5.82 Å². The summed E-state index contributed by atoms with van der Waals surface area (Å²) in [6.07, 6.45) is 0. The van der Waals surface area contributed by atoms with Crippen LogP contribution in [0.1, 0.15) is 4.88 Å². The van der Waals surface area contributed by atoms with Gasteiger partial charge in [-0.25, -0.2) is 8.70 Å². The second-order valence-corrected chi connectivity index (χ2v) is 9.21. The Hall–Kier alpha value is -1.10. The lowest BCUT2D eigenvalue weighted by Crippen LogP contribution is -2.30. The molecule has 0 spiro atoms. The van der Waals surface area contributed by atoms with E-state index in [0.29, 0.717) is 0 Å². The van der Waals surface area contributed by atoms with Crippen molar-refractivity contribution in [2.24, 2.45) is 0 Å². The fourth-order valence-electron chi connectivity index (χ4n) is 2.27. The van der Waals surface area contributed by atoms with Gasteiger partial charge in [0, 0.05) is 22.9 Å². The number of nitrogens with one attached hydrogen (secondary N) is 2. The fraction of sp³-hybridized carbons (Fsp3) is 0.353. The third-order valence-corrected chi connectivity index (χ3v) is 6.63. The van der Waals surface area contributed by atoms with Gasteiger partial charge in [-0.2, -0.15) is 0 Å². The standard InChI is InChI=1S/C17H20FN3O2S3/c1-12-15(10-17(24-12)26-21-6-8-23-9-7-21)20-16(22)11-19-25-14-4-2-13(18)3-5-14/h2-5,10,19H,6-9,11H2,1H3,(H,20,22).